The van der Waals surface area contributed by atoms with Crippen LogP contribution < -0.4 is 0 Å². The first kappa shape index (κ1) is 21.2. The molecule has 0 amide bonds. The Kier molecular flexibility index (Phi) is 9.10. The Bertz CT molecular complexity index is 726. The van der Waals surface area contributed by atoms with Crippen molar-refractivity contribution in [2.75, 3.05) is 0 Å². The van der Waals surface area contributed by atoms with Crippen LogP contribution in [0, 0.1) is 6.92 Å². The Morgan fingerprint density at radius 3 is 2.33 bits per heavy atom. The minimum absolute atomic E-state index is 0.354. The van der Waals surface area contributed by atoms with Crippen molar-refractivity contribution >= 4 is 5.78 Å². The minimum atomic E-state index is 0.354. The van der Waals surface area contributed by atoms with Crippen LogP contribution in [-0.4, -0.2) is 5.78 Å². The zero-order valence-electron chi connectivity index (χ0n) is 17.2. The maximum atomic E-state index is 11.0. The Morgan fingerprint density at radius 1 is 0.778 bits per heavy atom. The summed E-state index contributed by atoms with van der Waals surface area (Å²) in [4.78, 5) is 11.0. The van der Waals surface area contributed by atoms with Crippen LogP contribution in [0.25, 0.3) is 0 Å². The molecule has 0 unspecified atom stereocenters. The number of hydrogen-bond acceptors (Lipinski definition) is 2. The Labute approximate surface area is 164 Å². The Hall–Kier alpha value is -2.09. The molecule has 0 bridgehead atoms. The first-order valence-corrected chi connectivity index (χ1v) is 10.2. The lowest BCUT2D eigenvalue weighted by Crippen LogP contribution is -1.95. The third-order valence-electron chi connectivity index (χ3n) is 5.08. The van der Waals surface area contributed by atoms with Crippen LogP contribution in [0.3, 0.4) is 0 Å². The molecular weight excluding hydrogens is 332 g/mol. The van der Waals surface area contributed by atoms with Crippen molar-refractivity contribution < 1.29 is 9.21 Å². The summed E-state index contributed by atoms with van der Waals surface area (Å²) in [5.74, 6) is 1.50. The number of carbonyl (C=O) groups is 1. The van der Waals surface area contributed by atoms with E-state index >= 15 is 0 Å². The lowest BCUT2D eigenvalue weighted by Gasteiger charge is -2.07. The molecule has 0 saturated carbocycles. The van der Waals surface area contributed by atoms with Crippen LogP contribution in [0.1, 0.15) is 75.7 Å². The SMILES string of the molecule is C/C1=C\Cc2c(C)coc2C/C(C)=C/CC1.O=C1CC=CCCC=CCC1. The first-order chi connectivity index (χ1) is 13.1. The standard InChI is InChI=1S/C15H20O.C10H14O/c1-11-5-4-6-12(2)9-15-14(8-7-11)13(3)10-16-15;11-10-8-6-4-2-1-3-5-7-9-10/h6-7,10H,4-5,8-9H2,1-3H3;2,4-5,7H,1,3,6,8-9H2/b11-7+,12-6+;. The maximum absolute atomic E-state index is 11.0. The highest BCUT2D eigenvalue weighted by Crippen LogP contribution is 2.23. The van der Waals surface area contributed by atoms with Gasteiger partial charge < -0.3 is 4.42 Å². The third-order valence-corrected chi connectivity index (χ3v) is 5.08. The van der Waals surface area contributed by atoms with Gasteiger partial charge in [0, 0.05) is 24.8 Å². The molecule has 27 heavy (non-hydrogen) atoms. The summed E-state index contributed by atoms with van der Waals surface area (Å²) >= 11 is 0. The summed E-state index contributed by atoms with van der Waals surface area (Å²) in [6.07, 6.45) is 23.7. The van der Waals surface area contributed by atoms with E-state index in [-0.39, 0.29) is 0 Å². The smallest absolute Gasteiger partial charge is 0.136 e. The summed E-state index contributed by atoms with van der Waals surface area (Å²) < 4.78 is 5.65. The number of ketones is 1. The molecular formula is C25H34O2. The van der Waals surface area contributed by atoms with Gasteiger partial charge in [-0.25, -0.2) is 0 Å². The second-order valence-corrected chi connectivity index (χ2v) is 7.64. The molecule has 2 nitrogen and oxygen atoms in total. The molecule has 2 aliphatic rings. The monoisotopic (exact) mass is 366 g/mol. The van der Waals surface area contributed by atoms with Crippen molar-refractivity contribution in [3.05, 3.63) is 70.8 Å². The number of aryl methyl sites for hydroxylation is 1. The van der Waals surface area contributed by atoms with Crippen molar-refractivity contribution in [2.24, 2.45) is 0 Å². The minimum Gasteiger partial charge on any atom is -0.468 e. The molecule has 0 N–H and O–H groups in total. The second-order valence-electron chi connectivity index (χ2n) is 7.64. The van der Waals surface area contributed by atoms with Crippen LogP contribution >= 0.6 is 0 Å². The molecule has 1 heterocycles. The van der Waals surface area contributed by atoms with Gasteiger partial charge in [0.25, 0.3) is 0 Å². The predicted octanol–water partition coefficient (Wildman–Crippen LogP) is 6.99. The molecule has 0 radical (unpaired) electrons. The fourth-order valence-electron chi connectivity index (χ4n) is 3.30. The summed E-state index contributed by atoms with van der Waals surface area (Å²) in [7, 11) is 0. The summed E-state index contributed by atoms with van der Waals surface area (Å²) in [6.45, 7) is 6.55. The van der Waals surface area contributed by atoms with Gasteiger partial charge >= 0.3 is 0 Å². The number of Topliss-reactive ketones (excluding diaryl/α,β-unsaturated/α-hetero) is 1. The van der Waals surface area contributed by atoms with Crippen LogP contribution in [0.5, 0.6) is 0 Å². The van der Waals surface area contributed by atoms with Crippen LogP contribution in [0.15, 0.2) is 58.3 Å². The lowest BCUT2D eigenvalue weighted by molar-refractivity contribution is -0.118. The van der Waals surface area contributed by atoms with E-state index in [1.54, 1.807) is 0 Å². The van der Waals surface area contributed by atoms with Crippen molar-refractivity contribution in [3.8, 4) is 0 Å². The molecule has 0 spiro atoms. The quantitative estimate of drug-likeness (QED) is 0.463. The van der Waals surface area contributed by atoms with E-state index in [9.17, 15) is 4.79 Å². The lowest BCUT2D eigenvalue weighted by atomic mass is 9.98. The largest absolute Gasteiger partial charge is 0.468 e. The summed E-state index contributed by atoms with van der Waals surface area (Å²) in [6, 6.07) is 0. The van der Waals surface area contributed by atoms with Gasteiger partial charge in [0.1, 0.15) is 11.5 Å². The number of fused-ring (bicyclic) bond motifs is 1. The molecule has 0 aliphatic heterocycles. The van der Waals surface area contributed by atoms with Gasteiger partial charge in [-0.3, -0.25) is 4.79 Å². The predicted molar refractivity (Wildman–Crippen MR) is 114 cm³/mol. The zero-order chi connectivity index (χ0) is 19.5. The Morgan fingerprint density at radius 2 is 1.52 bits per heavy atom. The highest BCUT2D eigenvalue weighted by Gasteiger charge is 2.11. The van der Waals surface area contributed by atoms with E-state index in [0.29, 0.717) is 18.6 Å². The van der Waals surface area contributed by atoms with Crippen molar-refractivity contribution in [2.45, 2.75) is 78.6 Å². The van der Waals surface area contributed by atoms with Crippen LogP contribution in [0.2, 0.25) is 0 Å². The van der Waals surface area contributed by atoms with Gasteiger partial charge in [-0.15, -0.1) is 0 Å². The molecule has 2 aliphatic carbocycles. The second kappa shape index (κ2) is 11.6. The van der Waals surface area contributed by atoms with Crippen molar-refractivity contribution in [1.29, 1.82) is 0 Å². The molecule has 0 atom stereocenters. The van der Waals surface area contributed by atoms with Gasteiger partial charge in [0.05, 0.1) is 6.26 Å². The van der Waals surface area contributed by atoms with Gasteiger partial charge in [-0.1, -0.05) is 47.6 Å². The summed E-state index contributed by atoms with van der Waals surface area (Å²) in [5.41, 5.74) is 5.57. The zero-order valence-corrected chi connectivity index (χ0v) is 17.2. The first-order valence-electron chi connectivity index (χ1n) is 10.2. The molecule has 0 fully saturated rings. The third kappa shape index (κ3) is 7.99. The molecule has 2 heteroatoms. The molecule has 146 valence electrons. The van der Waals surface area contributed by atoms with Crippen molar-refractivity contribution in [3.63, 3.8) is 0 Å². The van der Waals surface area contributed by atoms with E-state index in [4.69, 9.17) is 4.42 Å². The average molecular weight is 367 g/mol. The number of rotatable bonds is 0. The van der Waals surface area contributed by atoms with Crippen LogP contribution in [0.4, 0.5) is 0 Å². The average Bonchev–Trinajstić information content (AvgIpc) is 2.99. The molecule has 0 aromatic carbocycles. The van der Waals surface area contributed by atoms with E-state index in [2.05, 4.69) is 51.2 Å². The number of hydrogen-bond donors (Lipinski definition) is 0. The number of furan rings is 1. The molecule has 3 rings (SSSR count). The van der Waals surface area contributed by atoms with Gasteiger partial charge in [0.15, 0.2) is 0 Å². The van der Waals surface area contributed by atoms with E-state index in [1.165, 1.54) is 28.7 Å². The van der Waals surface area contributed by atoms with Gasteiger partial charge in [-0.05, 0) is 64.9 Å². The van der Waals surface area contributed by atoms with Crippen LogP contribution in [-0.2, 0) is 17.6 Å². The van der Waals surface area contributed by atoms with Gasteiger partial charge in [0.2, 0.25) is 0 Å². The summed E-state index contributed by atoms with van der Waals surface area (Å²) in [5, 5.41) is 0. The molecule has 1 aromatic heterocycles. The fourth-order valence-corrected chi connectivity index (χ4v) is 3.30. The number of carbonyl (C=O) groups excluding carboxylic acids is 1. The maximum Gasteiger partial charge on any atom is 0.136 e. The van der Waals surface area contributed by atoms with Gasteiger partial charge in [-0.2, -0.15) is 0 Å². The fraction of sp³-hybridized carbons (Fsp3) is 0.480. The molecule has 1 aromatic rings. The van der Waals surface area contributed by atoms with E-state index in [0.717, 1.165) is 44.3 Å². The highest BCUT2D eigenvalue weighted by molar-refractivity contribution is 5.79. The van der Waals surface area contributed by atoms with E-state index in [1.807, 2.05) is 12.3 Å². The topological polar surface area (TPSA) is 30.2 Å². The van der Waals surface area contributed by atoms with E-state index < -0.39 is 0 Å². The normalized spacial score (nSPS) is 22.4. The highest BCUT2D eigenvalue weighted by atomic mass is 16.3. The molecule has 0 saturated heterocycles. The Balaban J connectivity index is 0.000000208. The van der Waals surface area contributed by atoms with Crippen molar-refractivity contribution in [1.82, 2.24) is 0 Å². The number of allylic oxidation sites excluding steroid dienone is 8.